The molecule has 0 saturated heterocycles. The molecule has 1 aliphatic rings. The minimum Gasteiger partial charge on any atom is -0.352 e. The third-order valence-electron chi connectivity index (χ3n) is 3.48. The summed E-state index contributed by atoms with van der Waals surface area (Å²) in [6.45, 7) is 3.93. The number of carbonyl (C=O) groups excluding carboxylic acids is 1. The molecule has 0 spiro atoms. The second-order valence-electron chi connectivity index (χ2n) is 5.25. The van der Waals surface area contributed by atoms with Crippen LogP contribution in [0.25, 0.3) is 0 Å². The first-order valence-electron chi connectivity index (χ1n) is 6.22. The molecule has 0 radical (unpaired) electrons. The van der Waals surface area contributed by atoms with Crippen molar-refractivity contribution in [1.82, 2.24) is 5.32 Å². The van der Waals surface area contributed by atoms with Crippen molar-refractivity contribution in [3.8, 4) is 0 Å². The summed E-state index contributed by atoms with van der Waals surface area (Å²) >= 11 is 3.41. The van der Waals surface area contributed by atoms with Gasteiger partial charge in [-0.15, -0.1) is 0 Å². The Labute approximate surface area is 117 Å². The lowest BCUT2D eigenvalue weighted by Crippen LogP contribution is -2.44. The molecule has 2 rings (SSSR count). The summed E-state index contributed by atoms with van der Waals surface area (Å²) in [4.78, 5) is 12.4. The van der Waals surface area contributed by atoms with Gasteiger partial charge in [-0.2, -0.15) is 0 Å². The molecule has 0 atom stereocenters. The van der Waals surface area contributed by atoms with E-state index in [2.05, 4.69) is 33.4 Å². The largest absolute Gasteiger partial charge is 0.352 e. The fourth-order valence-corrected chi connectivity index (χ4v) is 2.36. The van der Waals surface area contributed by atoms with Crippen LogP contribution >= 0.6 is 15.9 Å². The highest BCUT2D eigenvalue weighted by Gasteiger charge is 2.31. The highest BCUT2D eigenvalue weighted by molar-refractivity contribution is 9.10. The Bertz CT molecular complexity index is 454. The number of benzene rings is 1. The molecule has 2 nitrogen and oxygen atoms in total. The average Bonchev–Trinajstić information content (AvgIpc) is 2.82. The summed E-state index contributed by atoms with van der Waals surface area (Å²) in [5, 5.41) is 3.12. The van der Waals surface area contributed by atoms with E-state index in [9.17, 15) is 4.79 Å². The van der Waals surface area contributed by atoms with Gasteiger partial charge in [0.15, 0.2) is 0 Å². The van der Waals surface area contributed by atoms with Gasteiger partial charge in [0.2, 0.25) is 5.91 Å². The SMILES string of the molecule is CC(C)(C(=O)NC1CC=CC1)c1ccc(Br)cc1. The molecule has 0 bridgehead atoms. The maximum Gasteiger partial charge on any atom is 0.230 e. The second-order valence-corrected chi connectivity index (χ2v) is 6.16. The van der Waals surface area contributed by atoms with Crippen molar-refractivity contribution in [2.24, 2.45) is 0 Å². The monoisotopic (exact) mass is 307 g/mol. The fourth-order valence-electron chi connectivity index (χ4n) is 2.10. The number of hydrogen-bond acceptors (Lipinski definition) is 1. The zero-order chi connectivity index (χ0) is 13.2. The Kier molecular flexibility index (Phi) is 3.91. The molecule has 3 heteroatoms. The molecular formula is C15H18BrNO. The summed E-state index contributed by atoms with van der Waals surface area (Å²) in [6, 6.07) is 8.21. The van der Waals surface area contributed by atoms with Gasteiger partial charge in [0.05, 0.1) is 5.41 Å². The van der Waals surface area contributed by atoms with Gasteiger partial charge in [-0.25, -0.2) is 0 Å². The zero-order valence-corrected chi connectivity index (χ0v) is 12.3. The van der Waals surface area contributed by atoms with Crippen LogP contribution in [-0.2, 0) is 10.2 Å². The third-order valence-corrected chi connectivity index (χ3v) is 4.01. The molecule has 0 saturated carbocycles. The Morgan fingerprint density at radius 1 is 1.22 bits per heavy atom. The molecule has 0 heterocycles. The van der Waals surface area contributed by atoms with Crippen LogP contribution in [0.5, 0.6) is 0 Å². The maximum absolute atomic E-state index is 12.4. The van der Waals surface area contributed by atoms with Crippen molar-refractivity contribution in [1.29, 1.82) is 0 Å². The van der Waals surface area contributed by atoms with Crippen LogP contribution in [0.2, 0.25) is 0 Å². The van der Waals surface area contributed by atoms with Crippen LogP contribution in [0.3, 0.4) is 0 Å². The molecule has 1 amide bonds. The van der Waals surface area contributed by atoms with Crippen molar-refractivity contribution in [2.75, 3.05) is 0 Å². The minimum atomic E-state index is -0.497. The average molecular weight is 308 g/mol. The molecule has 1 aromatic rings. The number of nitrogens with one attached hydrogen (secondary N) is 1. The number of hydrogen-bond donors (Lipinski definition) is 1. The van der Waals surface area contributed by atoms with Gasteiger partial charge in [0.25, 0.3) is 0 Å². The van der Waals surface area contributed by atoms with Crippen LogP contribution in [0.4, 0.5) is 0 Å². The van der Waals surface area contributed by atoms with Gasteiger partial charge in [-0.3, -0.25) is 4.79 Å². The molecule has 0 fully saturated rings. The first-order valence-corrected chi connectivity index (χ1v) is 7.01. The van der Waals surface area contributed by atoms with Gasteiger partial charge >= 0.3 is 0 Å². The second kappa shape index (κ2) is 5.27. The van der Waals surface area contributed by atoms with Crippen molar-refractivity contribution in [3.63, 3.8) is 0 Å². The van der Waals surface area contributed by atoms with Crippen LogP contribution in [0.15, 0.2) is 40.9 Å². The summed E-state index contributed by atoms with van der Waals surface area (Å²) in [7, 11) is 0. The third kappa shape index (κ3) is 2.83. The van der Waals surface area contributed by atoms with E-state index < -0.39 is 5.41 Å². The number of amides is 1. The lowest BCUT2D eigenvalue weighted by atomic mass is 9.83. The van der Waals surface area contributed by atoms with Gasteiger partial charge < -0.3 is 5.32 Å². The van der Waals surface area contributed by atoms with E-state index in [1.54, 1.807) is 0 Å². The van der Waals surface area contributed by atoms with Crippen LogP contribution in [0, 0.1) is 0 Å². The smallest absolute Gasteiger partial charge is 0.230 e. The van der Waals surface area contributed by atoms with Crippen LogP contribution in [0.1, 0.15) is 32.3 Å². The van der Waals surface area contributed by atoms with Gasteiger partial charge in [-0.05, 0) is 44.4 Å². The highest BCUT2D eigenvalue weighted by Crippen LogP contribution is 2.25. The topological polar surface area (TPSA) is 29.1 Å². The predicted molar refractivity (Wildman–Crippen MR) is 77.5 cm³/mol. The van der Waals surface area contributed by atoms with E-state index in [-0.39, 0.29) is 11.9 Å². The Hall–Kier alpha value is -1.09. The van der Waals surface area contributed by atoms with E-state index >= 15 is 0 Å². The number of carbonyl (C=O) groups is 1. The fraction of sp³-hybridized carbons (Fsp3) is 0.400. The molecule has 1 N–H and O–H groups in total. The standard InChI is InChI=1S/C15H18BrNO/c1-15(2,11-7-9-12(16)10-8-11)14(18)17-13-5-3-4-6-13/h3-4,7-10,13H,5-6H2,1-2H3,(H,17,18). The Morgan fingerprint density at radius 2 is 1.78 bits per heavy atom. The molecule has 1 aromatic carbocycles. The molecule has 18 heavy (non-hydrogen) atoms. The van der Waals surface area contributed by atoms with Crippen LogP contribution < -0.4 is 5.32 Å². The molecule has 0 unspecified atom stereocenters. The van der Waals surface area contributed by atoms with Crippen molar-refractivity contribution >= 4 is 21.8 Å². The Morgan fingerprint density at radius 3 is 2.33 bits per heavy atom. The lowest BCUT2D eigenvalue weighted by Gasteiger charge is -2.26. The van der Waals surface area contributed by atoms with Crippen molar-refractivity contribution in [2.45, 2.75) is 38.1 Å². The molecule has 1 aliphatic carbocycles. The number of rotatable bonds is 3. The van der Waals surface area contributed by atoms with E-state index in [1.807, 2.05) is 38.1 Å². The molecule has 0 aliphatic heterocycles. The number of halogens is 1. The lowest BCUT2D eigenvalue weighted by molar-refractivity contribution is -0.126. The van der Waals surface area contributed by atoms with E-state index in [4.69, 9.17) is 0 Å². The minimum absolute atomic E-state index is 0.0959. The van der Waals surface area contributed by atoms with E-state index in [0.717, 1.165) is 22.9 Å². The van der Waals surface area contributed by atoms with Gasteiger partial charge in [0.1, 0.15) is 0 Å². The maximum atomic E-state index is 12.4. The summed E-state index contributed by atoms with van der Waals surface area (Å²) in [6.07, 6.45) is 6.14. The summed E-state index contributed by atoms with van der Waals surface area (Å²) < 4.78 is 1.03. The summed E-state index contributed by atoms with van der Waals surface area (Å²) in [5.74, 6) is 0.0959. The quantitative estimate of drug-likeness (QED) is 0.850. The Balaban J connectivity index is 2.09. The van der Waals surface area contributed by atoms with E-state index in [1.165, 1.54) is 0 Å². The molecular weight excluding hydrogens is 290 g/mol. The molecule has 0 aromatic heterocycles. The van der Waals surface area contributed by atoms with Crippen LogP contribution in [-0.4, -0.2) is 11.9 Å². The predicted octanol–water partition coefficient (Wildman–Crippen LogP) is 3.56. The van der Waals surface area contributed by atoms with Gasteiger partial charge in [0, 0.05) is 10.5 Å². The molecule has 96 valence electrons. The first-order chi connectivity index (χ1) is 8.50. The normalized spacial score (nSPS) is 15.9. The highest BCUT2D eigenvalue weighted by atomic mass is 79.9. The zero-order valence-electron chi connectivity index (χ0n) is 10.7. The van der Waals surface area contributed by atoms with Crippen molar-refractivity contribution in [3.05, 3.63) is 46.5 Å². The van der Waals surface area contributed by atoms with Gasteiger partial charge in [-0.1, -0.05) is 40.2 Å². The van der Waals surface area contributed by atoms with Crippen molar-refractivity contribution < 1.29 is 4.79 Å². The van der Waals surface area contributed by atoms with E-state index in [0.29, 0.717) is 0 Å². The summed E-state index contributed by atoms with van der Waals surface area (Å²) in [5.41, 5.74) is 0.540. The first kappa shape index (κ1) is 13.3.